The highest BCUT2D eigenvalue weighted by Crippen LogP contribution is 2.14. The van der Waals surface area contributed by atoms with E-state index in [0.717, 1.165) is 5.56 Å². The molecule has 0 aliphatic heterocycles. The number of carbonyl (C=O) groups is 1. The maximum Gasteiger partial charge on any atom is 0.261 e. The lowest BCUT2D eigenvalue weighted by Gasteiger charge is -2.05. The van der Waals surface area contributed by atoms with Gasteiger partial charge in [-0.2, -0.15) is 0 Å². The summed E-state index contributed by atoms with van der Waals surface area (Å²) < 4.78 is 5.13. The normalized spacial score (nSPS) is 10.4. The van der Waals surface area contributed by atoms with E-state index < -0.39 is 11.5 Å². The Bertz CT molecular complexity index is 821. The first-order valence-corrected chi connectivity index (χ1v) is 6.83. The van der Waals surface area contributed by atoms with E-state index in [2.05, 4.69) is 10.3 Å². The zero-order valence-corrected chi connectivity index (χ0v) is 11.7. The lowest BCUT2D eigenvalue weighted by Crippen LogP contribution is -2.29. The molecule has 0 saturated heterocycles. The van der Waals surface area contributed by atoms with E-state index in [4.69, 9.17) is 4.42 Å². The molecule has 1 aromatic carbocycles. The minimum absolute atomic E-state index is 0.0752. The SMILES string of the molecule is O=C(NCc1ccco1)c1ccc(-c2ccccc2)[nH]c1=O. The number of H-pyrrole nitrogens is 1. The van der Waals surface area contributed by atoms with Gasteiger partial charge in [-0.3, -0.25) is 9.59 Å². The topological polar surface area (TPSA) is 75.1 Å². The van der Waals surface area contributed by atoms with Crippen LogP contribution in [-0.2, 0) is 6.54 Å². The molecule has 3 rings (SSSR count). The van der Waals surface area contributed by atoms with Crippen LogP contribution in [-0.4, -0.2) is 10.9 Å². The third-order valence-electron chi connectivity index (χ3n) is 3.24. The summed E-state index contributed by atoms with van der Waals surface area (Å²) in [4.78, 5) is 26.8. The third-order valence-corrected chi connectivity index (χ3v) is 3.24. The van der Waals surface area contributed by atoms with Gasteiger partial charge in [-0.15, -0.1) is 0 Å². The Labute approximate surface area is 126 Å². The van der Waals surface area contributed by atoms with Gasteiger partial charge in [0.2, 0.25) is 0 Å². The predicted octanol–water partition coefficient (Wildman–Crippen LogP) is 2.56. The maximum absolute atomic E-state index is 12.1. The number of rotatable bonds is 4. The molecule has 5 nitrogen and oxygen atoms in total. The zero-order valence-electron chi connectivity index (χ0n) is 11.7. The average Bonchev–Trinajstić information content (AvgIpc) is 3.07. The highest BCUT2D eigenvalue weighted by molar-refractivity contribution is 5.94. The van der Waals surface area contributed by atoms with E-state index in [1.54, 1.807) is 18.2 Å². The third kappa shape index (κ3) is 2.98. The minimum atomic E-state index is -0.433. The van der Waals surface area contributed by atoms with E-state index in [9.17, 15) is 9.59 Å². The van der Waals surface area contributed by atoms with Gasteiger partial charge in [0, 0.05) is 5.69 Å². The number of carbonyl (C=O) groups excluding carboxylic acids is 1. The Hall–Kier alpha value is -3.08. The summed E-state index contributed by atoms with van der Waals surface area (Å²) in [5, 5.41) is 2.65. The van der Waals surface area contributed by atoms with Crippen LogP contribution in [0, 0.1) is 0 Å². The number of benzene rings is 1. The Morgan fingerprint density at radius 2 is 1.86 bits per heavy atom. The predicted molar refractivity (Wildman–Crippen MR) is 82.4 cm³/mol. The van der Waals surface area contributed by atoms with Crippen molar-refractivity contribution < 1.29 is 9.21 Å². The van der Waals surface area contributed by atoms with Gasteiger partial charge in [0.1, 0.15) is 11.3 Å². The van der Waals surface area contributed by atoms with Gasteiger partial charge >= 0.3 is 0 Å². The molecule has 0 saturated carbocycles. The number of aromatic nitrogens is 1. The van der Waals surface area contributed by atoms with Crippen molar-refractivity contribution in [3.05, 3.63) is 82.5 Å². The number of furan rings is 1. The van der Waals surface area contributed by atoms with Gasteiger partial charge in [-0.05, 0) is 29.8 Å². The second-order valence-electron chi connectivity index (χ2n) is 4.74. The van der Waals surface area contributed by atoms with Gasteiger partial charge in [0.25, 0.3) is 11.5 Å². The maximum atomic E-state index is 12.1. The molecule has 3 aromatic rings. The van der Waals surface area contributed by atoms with Crippen molar-refractivity contribution in [2.75, 3.05) is 0 Å². The quantitative estimate of drug-likeness (QED) is 0.776. The summed E-state index contributed by atoms with van der Waals surface area (Å²) in [7, 11) is 0. The number of hydrogen-bond donors (Lipinski definition) is 2. The van der Waals surface area contributed by atoms with Crippen molar-refractivity contribution in [1.82, 2.24) is 10.3 Å². The number of aromatic amines is 1. The van der Waals surface area contributed by atoms with Crippen molar-refractivity contribution in [1.29, 1.82) is 0 Å². The first-order valence-electron chi connectivity index (χ1n) is 6.83. The molecule has 2 heterocycles. The molecule has 0 atom stereocenters. The molecule has 5 heteroatoms. The van der Waals surface area contributed by atoms with Crippen LogP contribution >= 0.6 is 0 Å². The smallest absolute Gasteiger partial charge is 0.261 e. The number of pyridine rings is 1. The zero-order chi connectivity index (χ0) is 15.4. The summed E-state index contributed by atoms with van der Waals surface area (Å²) in [5.74, 6) is 0.197. The lowest BCUT2D eigenvalue weighted by molar-refractivity contribution is 0.0946. The summed E-state index contributed by atoms with van der Waals surface area (Å²) >= 11 is 0. The van der Waals surface area contributed by atoms with Crippen LogP contribution in [0.15, 0.2) is 70.1 Å². The molecule has 110 valence electrons. The molecule has 0 fully saturated rings. The fourth-order valence-corrected chi connectivity index (χ4v) is 2.11. The van der Waals surface area contributed by atoms with E-state index in [-0.39, 0.29) is 12.1 Å². The van der Waals surface area contributed by atoms with Crippen molar-refractivity contribution >= 4 is 5.91 Å². The monoisotopic (exact) mass is 294 g/mol. The Balaban J connectivity index is 1.77. The minimum Gasteiger partial charge on any atom is -0.467 e. The largest absolute Gasteiger partial charge is 0.467 e. The summed E-state index contributed by atoms with van der Waals surface area (Å²) in [6, 6.07) is 16.2. The van der Waals surface area contributed by atoms with Crippen LogP contribution in [0.2, 0.25) is 0 Å². The standard InChI is InChI=1S/C17H14N2O3/c20-16(18-11-13-7-4-10-22-13)14-8-9-15(19-17(14)21)12-5-2-1-3-6-12/h1-10H,11H2,(H,18,20)(H,19,21). The van der Waals surface area contributed by atoms with E-state index in [1.807, 2.05) is 30.3 Å². The fraction of sp³-hybridized carbons (Fsp3) is 0.0588. The van der Waals surface area contributed by atoms with Crippen LogP contribution in [0.4, 0.5) is 0 Å². The van der Waals surface area contributed by atoms with Gasteiger partial charge in [0.05, 0.1) is 12.8 Å². The Kier molecular flexibility index (Phi) is 3.87. The van der Waals surface area contributed by atoms with Crippen LogP contribution in [0.3, 0.4) is 0 Å². The molecule has 1 amide bonds. The Morgan fingerprint density at radius 3 is 2.55 bits per heavy atom. The second-order valence-corrected chi connectivity index (χ2v) is 4.74. The molecule has 0 bridgehead atoms. The van der Waals surface area contributed by atoms with Crippen molar-refractivity contribution in [3.63, 3.8) is 0 Å². The average molecular weight is 294 g/mol. The van der Waals surface area contributed by atoms with Crippen molar-refractivity contribution in [2.45, 2.75) is 6.54 Å². The summed E-state index contributed by atoms with van der Waals surface area (Å²) in [5.41, 5.74) is 1.22. The summed E-state index contributed by atoms with van der Waals surface area (Å²) in [6.07, 6.45) is 1.53. The first-order chi connectivity index (χ1) is 10.7. The molecule has 2 N–H and O–H groups in total. The van der Waals surface area contributed by atoms with Crippen molar-refractivity contribution in [3.8, 4) is 11.3 Å². The van der Waals surface area contributed by atoms with Gasteiger partial charge in [0.15, 0.2) is 0 Å². The molecular formula is C17H14N2O3. The van der Waals surface area contributed by atoms with Gasteiger partial charge in [-0.1, -0.05) is 30.3 Å². The van der Waals surface area contributed by atoms with Crippen LogP contribution in [0.1, 0.15) is 16.1 Å². The Morgan fingerprint density at radius 1 is 1.05 bits per heavy atom. The van der Waals surface area contributed by atoms with E-state index in [0.29, 0.717) is 11.5 Å². The molecule has 0 spiro atoms. The highest BCUT2D eigenvalue weighted by atomic mass is 16.3. The van der Waals surface area contributed by atoms with E-state index in [1.165, 1.54) is 12.3 Å². The van der Waals surface area contributed by atoms with Gasteiger partial charge in [-0.25, -0.2) is 0 Å². The van der Waals surface area contributed by atoms with E-state index >= 15 is 0 Å². The lowest BCUT2D eigenvalue weighted by atomic mass is 10.1. The molecule has 0 aliphatic rings. The van der Waals surface area contributed by atoms with Crippen molar-refractivity contribution in [2.24, 2.45) is 0 Å². The number of amides is 1. The highest BCUT2D eigenvalue weighted by Gasteiger charge is 2.11. The number of nitrogens with one attached hydrogen (secondary N) is 2. The van der Waals surface area contributed by atoms with Crippen LogP contribution in [0.25, 0.3) is 11.3 Å². The number of hydrogen-bond acceptors (Lipinski definition) is 3. The van der Waals surface area contributed by atoms with Crippen LogP contribution in [0.5, 0.6) is 0 Å². The molecule has 0 unspecified atom stereocenters. The second kappa shape index (κ2) is 6.13. The fourth-order valence-electron chi connectivity index (χ4n) is 2.11. The molecule has 2 aromatic heterocycles. The first kappa shape index (κ1) is 13.9. The molecule has 22 heavy (non-hydrogen) atoms. The molecule has 0 aliphatic carbocycles. The van der Waals surface area contributed by atoms with Crippen LogP contribution < -0.4 is 10.9 Å². The summed E-state index contributed by atoms with van der Waals surface area (Å²) in [6.45, 7) is 0.242. The molecular weight excluding hydrogens is 280 g/mol. The van der Waals surface area contributed by atoms with Gasteiger partial charge < -0.3 is 14.7 Å². The molecule has 0 radical (unpaired) electrons.